The number of hydrogen-bond donors (Lipinski definition) is 6. The molecule has 0 saturated carbocycles. The maximum atomic E-state index is 10.2. The number of aliphatic hydroxyl groups is 6. The van der Waals surface area contributed by atoms with Crippen LogP contribution in [-0.2, 0) is 0 Å². The van der Waals surface area contributed by atoms with E-state index in [1.807, 2.05) is 0 Å². The van der Waals surface area contributed by atoms with Gasteiger partial charge in [0.1, 0.15) is 18.3 Å². The number of rotatable bonds is 12. The van der Waals surface area contributed by atoms with E-state index >= 15 is 0 Å². The Morgan fingerprint density at radius 1 is 0.958 bits per heavy atom. The van der Waals surface area contributed by atoms with E-state index < -0.39 is 43.2 Å². The fraction of sp³-hybridized carbons (Fsp3) is 1.00. The Labute approximate surface area is 144 Å². The molecule has 0 aromatic rings. The first-order valence-corrected chi connectivity index (χ1v) is 9.19. The van der Waals surface area contributed by atoms with Crippen LogP contribution in [0.4, 0.5) is 0 Å². The van der Waals surface area contributed by atoms with Gasteiger partial charge >= 0.3 is 0 Å². The summed E-state index contributed by atoms with van der Waals surface area (Å²) in [7, 11) is 0. The van der Waals surface area contributed by atoms with Crippen LogP contribution in [0.2, 0.25) is 0 Å². The van der Waals surface area contributed by atoms with Crippen molar-refractivity contribution in [3.8, 4) is 0 Å². The van der Waals surface area contributed by atoms with Crippen LogP contribution in [0.1, 0.15) is 51.9 Å². The second kappa shape index (κ2) is 11.4. The largest absolute Gasteiger partial charge is 0.394 e. The van der Waals surface area contributed by atoms with E-state index in [2.05, 4.69) is 6.92 Å². The zero-order chi connectivity index (χ0) is 18.1. The summed E-state index contributed by atoms with van der Waals surface area (Å²) in [5, 5.41) is 58.5. The smallest absolute Gasteiger partial charge is 0.110 e. The van der Waals surface area contributed by atoms with Crippen LogP contribution in [0.25, 0.3) is 0 Å². The molecule has 1 heterocycles. The summed E-state index contributed by atoms with van der Waals surface area (Å²) in [6, 6.07) is -0.851. The standard InChI is InChI=1S/C17H35NO6/c1-2-3-4-5-6-7-8-9-18-10-12(20)15(22)14(18)17(24)16(23)13(21)11-19/h12-17,19-24H,2-11H2,1H3/t12-,13+,14?,15-,16-,17+/m0/s1. The minimum absolute atomic E-state index is 0.223. The summed E-state index contributed by atoms with van der Waals surface area (Å²) in [4.78, 5) is 1.76. The van der Waals surface area contributed by atoms with Crippen LogP contribution in [0, 0.1) is 0 Å². The summed E-state index contributed by atoms with van der Waals surface area (Å²) in [5.41, 5.74) is 0. The highest BCUT2D eigenvalue weighted by Crippen LogP contribution is 2.25. The molecule has 0 radical (unpaired) electrons. The summed E-state index contributed by atoms with van der Waals surface area (Å²) in [5.74, 6) is 0. The molecule has 6 N–H and O–H groups in total. The summed E-state index contributed by atoms with van der Waals surface area (Å²) < 4.78 is 0. The van der Waals surface area contributed by atoms with Gasteiger partial charge in [0, 0.05) is 6.54 Å². The van der Waals surface area contributed by atoms with Crippen molar-refractivity contribution in [3.63, 3.8) is 0 Å². The quantitative estimate of drug-likeness (QED) is 0.255. The molecule has 1 aliphatic rings. The van der Waals surface area contributed by atoms with Crippen molar-refractivity contribution in [2.24, 2.45) is 0 Å². The number of aliphatic hydroxyl groups excluding tert-OH is 6. The molecule has 6 atom stereocenters. The third-order valence-electron chi connectivity index (χ3n) is 4.92. The Morgan fingerprint density at radius 3 is 2.12 bits per heavy atom. The minimum atomic E-state index is -1.57. The zero-order valence-electron chi connectivity index (χ0n) is 14.7. The molecule has 24 heavy (non-hydrogen) atoms. The number of β-amino-alcohol motifs (C(OH)–C–C–N with tert-alkyl or cyclic N) is 1. The van der Waals surface area contributed by atoms with Gasteiger partial charge < -0.3 is 30.6 Å². The predicted molar refractivity (Wildman–Crippen MR) is 90.5 cm³/mol. The molecule has 0 aliphatic carbocycles. The molecule has 1 fully saturated rings. The molecule has 0 spiro atoms. The van der Waals surface area contributed by atoms with Crippen molar-refractivity contribution >= 4 is 0 Å². The van der Waals surface area contributed by atoms with E-state index in [0.717, 1.165) is 19.3 Å². The lowest BCUT2D eigenvalue weighted by Crippen LogP contribution is -2.54. The van der Waals surface area contributed by atoms with Gasteiger partial charge in [-0.05, 0) is 13.0 Å². The Kier molecular flexibility index (Phi) is 10.3. The topological polar surface area (TPSA) is 125 Å². The Morgan fingerprint density at radius 2 is 1.54 bits per heavy atom. The molecular weight excluding hydrogens is 314 g/mol. The van der Waals surface area contributed by atoms with Crippen molar-refractivity contribution in [2.75, 3.05) is 19.7 Å². The molecule has 0 aromatic carbocycles. The fourth-order valence-electron chi connectivity index (χ4n) is 3.38. The third kappa shape index (κ3) is 6.22. The highest BCUT2D eigenvalue weighted by Gasteiger charge is 2.46. The molecule has 7 heteroatoms. The van der Waals surface area contributed by atoms with Crippen LogP contribution in [-0.4, -0.2) is 91.8 Å². The lowest BCUT2D eigenvalue weighted by atomic mass is 9.96. The summed E-state index contributed by atoms with van der Waals surface area (Å²) in [6.07, 6.45) is 1.29. The van der Waals surface area contributed by atoms with Gasteiger partial charge in [-0.15, -0.1) is 0 Å². The van der Waals surface area contributed by atoms with Gasteiger partial charge in [-0.25, -0.2) is 0 Å². The average molecular weight is 349 g/mol. The highest BCUT2D eigenvalue weighted by molar-refractivity contribution is 5.00. The highest BCUT2D eigenvalue weighted by atomic mass is 16.4. The van der Waals surface area contributed by atoms with Gasteiger partial charge in [0.2, 0.25) is 0 Å². The van der Waals surface area contributed by atoms with Crippen LogP contribution in [0.5, 0.6) is 0 Å². The monoisotopic (exact) mass is 349 g/mol. The van der Waals surface area contributed by atoms with Crippen LogP contribution in [0.3, 0.4) is 0 Å². The van der Waals surface area contributed by atoms with Gasteiger partial charge in [-0.1, -0.05) is 45.4 Å². The zero-order valence-corrected chi connectivity index (χ0v) is 14.7. The molecule has 1 unspecified atom stereocenters. The van der Waals surface area contributed by atoms with E-state index in [1.54, 1.807) is 4.90 Å². The molecular formula is C17H35NO6. The maximum absolute atomic E-state index is 10.2. The predicted octanol–water partition coefficient (Wildman–Crippen LogP) is -0.782. The van der Waals surface area contributed by atoms with Gasteiger partial charge in [-0.3, -0.25) is 4.90 Å². The molecule has 1 aliphatic heterocycles. The lowest BCUT2D eigenvalue weighted by molar-refractivity contribution is -0.114. The van der Waals surface area contributed by atoms with E-state index in [1.165, 1.54) is 25.7 Å². The molecule has 0 bridgehead atoms. The third-order valence-corrected chi connectivity index (χ3v) is 4.92. The van der Waals surface area contributed by atoms with Crippen LogP contribution >= 0.6 is 0 Å². The second-order valence-electron chi connectivity index (χ2n) is 6.90. The molecule has 7 nitrogen and oxygen atoms in total. The Bertz CT molecular complexity index is 332. The average Bonchev–Trinajstić information content (AvgIpc) is 2.86. The SMILES string of the molecule is CCCCCCCCCN1C[C@H](O)[C@H](O)C1[C@@H](O)[C@@H](O)[C@H](O)CO. The van der Waals surface area contributed by atoms with E-state index in [4.69, 9.17) is 5.11 Å². The fourth-order valence-corrected chi connectivity index (χ4v) is 3.38. The van der Waals surface area contributed by atoms with Gasteiger partial charge in [0.15, 0.2) is 0 Å². The normalized spacial score (nSPS) is 28.9. The van der Waals surface area contributed by atoms with Crippen LogP contribution < -0.4 is 0 Å². The summed E-state index contributed by atoms with van der Waals surface area (Å²) in [6.45, 7) is 2.32. The first kappa shape index (κ1) is 21.8. The van der Waals surface area contributed by atoms with E-state index in [0.29, 0.717) is 6.54 Å². The lowest BCUT2D eigenvalue weighted by Gasteiger charge is -2.33. The minimum Gasteiger partial charge on any atom is -0.394 e. The second-order valence-corrected chi connectivity index (χ2v) is 6.90. The van der Waals surface area contributed by atoms with Crippen molar-refractivity contribution in [1.82, 2.24) is 4.90 Å². The summed E-state index contributed by atoms with van der Waals surface area (Å²) >= 11 is 0. The molecule has 0 aromatic heterocycles. The van der Waals surface area contributed by atoms with Crippen molar-refractivity contribution in [3.05, 3.63) is 0 Å². The van der Waals surface area contributed by atoms with E-state index in [9.17, 15) is 25.5 Å². The van der Waals surface area contributed by atoms with Gasteiger partial charge in [0.05, 0.1) is 24.9 Å². The first-order valence-electron chi connectivity index (χ1n) is 9.19. The first-order chi connectivity index (χ1) is 11.4. The number of likely N-dealkylation sites (tertiary alicyclic amines) is 1. The molecule has 1 saturated heterocycles. The van der Waals surface area contributed by atoms with Crippen molar-refractivity contribution in [2.45, 2.75) is 88.4 Å². The Balaban J connectivity index is 2.46. The van der Waals surface area contributed by atoms with Crippen molar-refractivity contribution in [1.29, 1.82) is 0 Å². The molecule has 1 rings (SSSR count). The number of hydrogen-bond acceptors (Lipinski definition) is 7. The van der Waals surface area contributed by atoms with Gasteiger partial charge in [0.25, 0.3) is 0 Å². The van der Waals surface area contributed by atoms with E-state index in [-0.39, 0.29) is 6.54 Å². The maximum Gasteiger partial charge on any atom is 0.110 e. The van der Waals surface area contributed by atoms with Crippen LogP contribution in [0.15, 0.2) is 0 Å². The number of nitrogens with zero attached hydrogens (tertiary/aromatic N) is 1. The molecule has 0 amide bonds. The molecule has 144 valence electrons. The van der Waals surface area contributed by atoms with Gasteiger partial charge in [-0.2, -0.15) is 0 Å². The Hall–Kier alpha value is -0.280. The number of unbranched alkanes of at least 4 members (excludes halogenated alkanes) is 6. The van der Waals surface area contributed by atoms with Crippen molar-refractivity contribution < 1.29 is 30.6 Å².